The summed E-state index contributed by atoms with van der Waals surface area (Å²) in [6.07, 6.45) is 5.12. The second-order valence-corrected chi connectivity index (χ2v) is 2.31. The van der Waals surface area contributed by atoms with Crippen LogP contribution in [0.4, 0.5) is 4.39 Å². The van der Waals surface area contributed by atoms with Gasteiger partial charge in [-0.25, -0.2) is 4.39 Å². The second kappa shape index (κ2) is 2.84. The lowest BCUT2D eigenvalue weighted by Gasteiger charge is -2.35. The summed E-state index contributed by atoms with van der Waals surface area (Å²) in [5, 5.41) is 0. The third-order valence-corrected chi connectivity index (χ3v) is 1.59. The molecule has 0 aromatic rings. The average molecular weight is 127 g/mol. The lowest BCUT2D eigenvalue weighted by atomic mass is 10.0. The second-order valence-electron chi connectivity index (χ2n) is 2.31. The molecule has 0 N–H and O–H groups in total. The first kappa shape index (κ1) is 6.57. The van der Waals surface area contributed by atoms with Crippen molar-refractivity contribution in [2.24, 2.45) is 5.92 Å². The van der Waals surface area contributed by atoms with Crippen LogP contribution in [0.25, 0.3) is 0 Å². The molecule has 0 saturated carbocycles. The molecule has 0 unspecified atom stereocenters. The number of nitrogens with zero attached hydrogens (tertiary/aromatic N) is 1. The molecule has 0 aromatic carbocycles. The van der Waals surface area contributed by atoms with E-state index in [1.54, 1.807) is 0 Å². The zero-order valence-electron chi connectivity index (χ0n) is 5.31. The van der Waals surface area contributed by atoms with Crippen molar-refractivity contribution in [3.63, 3.8) is 0 Å². The molecule has 1 saturated heterocycles. The van der Waals surface area contributed by atoms with Crippen LogP contribution >= 0.6 is 0 Å². The van der Waals surface area contributed by atoms with Gasteiger partial charge in [0, 0.05) is 25.6 Å². The molecule has 0 spiro atoms. The predicted octanol–water partition coefficient (Wildman–Crippen LogP) is 0.521. The Hall–Kier alpha value is -0.550. The first-order valence-corrected chi connectivity index (χ1v) is 3.11. The van der Waals surface area contributed by atoms with Crippen molar-refractivity contribution in [1.82, 2.24) is 4.90 Å². The largest absolute Gasteiger partial charge is 0.298 e. The van der Waals surface area contributed by atoms with Gasteiger partial charge < -0.3 is 0 Å². The summed E-state index contributed by atoms with van der Waals surface area (Å²) in [6, 6.07) is 0. The zero-order valence-corrected chi connectivity index (χ0v) is 5.31. The summed E-state index contributed by atoms with van der Waals surface area (Å²) in [7, 11) is 0. The number of hydrogen-bond donors (Lipinski definition) is 0. The van der Waals surface area contributed by atoms with Gasteiger partial charge in [0.2, 0.25) is 0 Å². The van der Waals surface area contributed by atoms with Crippen molar-refractivity contribution in [3.05, 3.63) is 0 Å². The lowest BCUT2D eigenvalue weighted by molar-refractivity contribution is 0.126. The van der Waals surface area contributed by atoms with E-state index < -0.39 is 0 Å². The standard InChI is InChI=1S/C7H10FN/c1-2-7-5-9(6-7)4-3-8/h1,7H,3-6H2. The Labute approximate surface area is 54.8 Å². The van der Waals surface area contributed by atoms with Crippen LogP contribution in [0.3, 0.4) is 0 Å². The minimum Gasteiger partial charge on any atom is -0.298 e. The molecule has 0 amide bonds. The maximum atomic E-state index is 11.6. The number of halogens is 1. The molecule has 0 aromatic heterocycles. The van der Waals surface area contributed by atoms with Gasteiger partial charge in [-0.1, -0.05) is 0 Å². The summed E-state index contributed by atoms with van der Waals surface area (Å²) in [5.41, 5.74) is 0. The molecule has 1 aliphatic rings. The highest BCUT2D eigenvalue weighted by Crippen LogP contribution is 2.12. The predicted molar refractivity (Wildman–Crippen MR) is 34.7 cm³/mol. The van der Waals surface area contributed by atoms with E-state index in [2.05, 4.69) is 5.92 Å². The maximum absolute atomic E-state index is 11.6. The summed E-state index contributed by atoms with van der Waals surface area (Å²) < 4.78 is 11.6. The van der Waals surface area contributed by atoms with Gasteiger partial charge in [-0.15, -0.1) is 12.3 Å². The minimum atomic E-state index is -0.253. The lowest BCUT2D eigenvalue weighted by Crippen LogP contribution is -2.46. The van der Waals surface area contributed by atoms with E-state index >= 15 is 0 Å². The minimum absolute atomic E-state index is 0.253. The molecule has 2 heteroatoms. The molecule has 0 radical (unpaired) electrons. The summed E-state index contributed by atoms with van der Waals surface area (Å²) in [6.45, 7) is 2.08. The molecule has 50 valence electrons. The fraction of sp³-hybridized carbons (Fsp3) is 0.714. The Balaban J connectivity index is 2.06. The van der Waals surface area contributed by atoms with Crippen LogP contribution in [0.1, 0.15) is 0 Å². The van der Waals surface area contributed by atoms with E-state index in [-0.39, 0.29) is 6.67 Å². The Bertz CT molecular complexity index is 121. The van der Waals surface area contributed by atoms with E-state index in [0.29, 0.717) is 12.5 Å². The van der Waals surface area contributed by atoms with Gasteiger partial charge in [0.1, 0.15) is 6.67 Å². The smallest absolute Gasteiger partial charge is 0.102 e. The van der Waals surface area contributed by atoms with E-state index in [0.717, 1.165) is 13.1 Å². The van der Waals surface area contributed by atoms with E-state index in [1.165, 1.54) is 0 Å². The van der Waals surface area contributed by atoms with E-state index in [4.69, 9.17) is 6.42 Å². The van der Waals surface area contributed by atoms with Crippen molar-refractivity contribution < 1.29 is 4.39 Å². The highest BCUT2D eigenvalue weighted by Gasteiger charge is 2.23. The molecule has 0 aliphatic carbocycles. The van der Waals surface area contributed by atoms with Gasteiger partial charge in [0.15, 0.2) is 0 Å². The van der Waals surface area contributed by atoms with Crippen molar-refractivity contribution in [2.75, 3.05) is 26.3 Å². The first-order valence-electron chi connectivity index (χ1n) is 3.11. The van der Waals surface area contributed by atoms with E-state index in [9.17, 15) is 4.39 Å². The molecule has 1 fully saturated rings. The third-order valence-electron chi connectivity index (χ3n) is 1.59. The quantitative estimate of drug-likeness (QED) is 0.489. The number of terminal acetylenes is 1. The maximum Gasteiger partial charge on any atom is 0.102 e. The Morgan fingerprint density at radius 3 is 2.78 bits per heavy atom. The van der Waals surface area contributed by atoms with Crippen molar-refractivity contribution in [1.29, 1.82) is 0 Å². The van der Waals surface area contributed by atoms with Crippen molar-refractivity contribution >= 4 is 0 Å². The normalized spacial score (nSPS) is 20.9. The van der Waals surface area contributed by atoms with Crippen LogP contribution in [0.5, 0.6) is 0 Å². The van der Waals surface area contributed by atoms with Crippen molar-refractivity contribution in [2.45, 2.75) is 0 Å². The summed E-state index contributed by atoms with van der Waals surface area (Å²) in [4.78, 5) is 2.02. The Morgan fingerprint density at radius 2 is 2.33 bits per heavy atom. The van der Waals surface area contributed by atoms with Crippen molar-refractivity contribution in [3.8, 4) is 12.3 Å². The van der Waals surface area contributed by atoms with Gasteiger partial charge in [-0.2, -0.15) is 0 Å². The molecule has 1 aliphatic heterocycles. The topological polar surface area (TPSA) is 3.24 Å². The molecule has 1 heterocycles. The van der Waals surface area contributed by atoms with Crippen LogP contribution in [-0.2, 0) is 0 Å². The van der Waals surface area contributed by atoms with Gasteiger partial charge in [0.05, 0.1) is 0 Å². The zero-order chi connectivity index (χ0) is 6.69. The average Bonchev–Trinajstić information content (AvgIpc) is 1.77. The van der Waals surface area contributed by atoms with Crippen LogP contribution in [0.15, 0.2) is 0 Å². The highest BCUT2D eigenvalue weighted by molar-refractivity contribution is 5.01. The van der Waals surface area contributed by atoms with Crippen LogP contribution in [0.2, 0.25) is 0 Å². The molecule has 1 rings (SSSR count). The monoisotopic (exact) mass is 127 g/mol. The molecule has 0 atom stereocenters. The molecular formula is C7H10FN. The molecule has 1 nitrogen and oxygen atoms in total. The van der Waals surface area contributed by atoms with Gasteiger partial charge in [0.25, 0.3) is 0 Å². The summed E-state index contributed by atoms with van der Waals surface area (Å²) in [5.74, 6) is 3.01. The third kappa shape index (κ3) is 1.43. The van der Waals surface area contributed by atoms with Crippen LogP contribution < -0.4 is 0 Å². The fourth-order valence-electron chi connectivity index (χ4n) is 0.977. The number of rotatable bonds is 2. The number of hydrogen-bond acceptors (Lipinski definition) is 1. The van der Waals surface area contributed by atoms with Gasteiger partial charge >= 0.3 is 0 Å². The highest BCUT2D eigenvalue weighted by atomic mass is 19.1. The fourth-order valence-corrected chi connectivity index (χ4v) is 0.977. The van der Waals surface area contributed by atoms with E-state index in [1.807, 2.05) is 4.90 Å². The van der Waals surface area contributed by atoms with Gasteiger partial charge in [-0.3, -0.25) is 4.90 Å². The molecule has 0 bridgehead atoms. The van der Waals surface area contributed by atoms with Gasteiger partial charge in [-0.05, 0) is 0 Å². The first-order chi connectivity index (χ1) is 4.36. The van der Waals surface area contributed by atoms with Crippen LogP contribution in [-0.4, -0.2) is 31.2 Å². The number of likely N-dealkylation sites (tertiary alicyclic amines) is 1. The summed E-state index contributed by atoms with van der Waals surface area (Å²) >= 11 is 0. The Morgan fingerprint density at radius 1 is 1.67 bits per heavy atom. The Kier molecular flexibility index (Phi) is 2.07. The molecule has 9 heavy (non-hydrogen) atoms. The van der Waals surface area contributed by atoms with Crippen LogP contribution in [0, 0.1) is 18.3 Å². The SMILES string of the molecule is C#CC1CN(CCF)C1. The molecular weight excluding hydrogens is 117 g/mol. The number of alkyl halides is 1.